The number of rotatable bonds is 7. The number of halogens is 4. The molecule has 0 aromatic heterocycles. The summed E-state index contributed by atoms with van der Waals surface area (Å²) in [6.07, 6.45) is -3.36. The highest BCUT2D eigenvalue weighted by Gasteiger charge is 2.34. The number of carbonyl (C=O) groups excluding carboxylic acids is 1. The van der Waals surface area contributed by atoms with Crippen molar-refractivity contribution in [1.82, 2.24) is 4.90 Å². The van der Waals surface area contributed by atoms with Gasteiger partial charge in [0.2, 0.25) is 0 Å². The molecule has 0 saturated carbocycles. The molecule has 2 aromatic carbocycles. The fourth-order valence-corrected chi connectivity index (χ4v) is 3.37. The standard InChI is InChI=1S/C22H21F4NO4/c1-29-19-8-5-14(12-20(19)30-2)16(4-3-9-27-10-11-31-21(27)28)17-13-15(23)6-7-18(17)22(24,25)26/h4-8,12-13H,3,9-11H2,1-2H3/b16-4-. The number of nitrogens with zero attached hydrogens (tertiary/aromatic N) is 1. The second kappa shape index (κ2) is 9.28. The smallest absolute Gasteiger partial charge is 0.417 e. The minimum absolute atomic E-state index is 0.167. The molecule has 1 aliphatic rings. The van der Waals surface area contributed by atoms with E-state index in [1.165, 1.54) is 25.2 Å². The first kappa shape index (κ1) is 22.5. The quantitative estimate of drug-likeness (QED) is 0.561. The maximum atomic E-state index is 14.0. The molecule has 1 heterocycles. The molecule has 0 bridgehead atoms. The first-order valence-corrected chi connectivity index (χ1v) is 9.46. The molecule has 31 heavy (non-hydrogen) atoms. The summed E-state index contributed by atoms with van der Waals surface area (Å²) in [5.74, 6) is -0.0721. The number of carbonyl (C=O) groups is 1. The molecular weight excluding hydrogens is 418 g/mol. The van der Waals surface area contributed by atoms with Crippen LogP contribution in [0.3, 0.4) is 0 Å². The van der Waals surface area contributed by atoms with Gasteiger partial charge in [-0.1, -0.05) is 12.1 Å². The van der Waals surface area contributed by atoms with Gasteiger partial charge in [-0.2, -0.15) is 13.2 Å². The zero-order valence-corrected chi connectivity index (χ0v) is 17.0. The van der Waals surface area contributed by atoms with Crippen molar-refractivity contribution < 1.29 is 36.6 Å². The van der Waals surface area contributed by atoms with E-state index < -0.39 is 23.7 Å². The number of cyclic esters (lactones) is 1. The van der Waals surface area contributed by atoms with Crippen molar-refractivity contribution in [1.29, 1.82) is 0 Å². The summed E-state index contributed by atoms with van der Waals surface area (Å²) in [6, 6.07) is 7.01. The van der Waals surface area contributed by atoms with Crippen LogP contribution in [0.5, 0.6) is 11.5 Å². The van der Waals surface area contributed by atoms with E-state index in [1.54, 1.807) is 18.2 Å². The third kappa shape index (κ3) is 5.10. The third-order valence-corrected chi connectivity index (χ3v) is 4.86. The number of benzene rings is 2. The molecule has 2 aromatic rings. The van der Waals surface area contributed by atoms with Crippen LogP contribution in [0.4, 0.5) is 22.4 Å². The zero-order chi connectivity index (χ0) is 22.6. The van der Waals surface area contributed by atoms with Gasteiger partial charge < -0.3 is 19.1 Å². The Balaban J connectivity index is 2.08. The number of amides is 1. The Labute approximate surface area is 176 Å². The summed E-state index contributed by atoms with van der Waals surface area (Å²) in [7, 11) is 2.85. The number of alkyl halides is 3. The van der Waals surface area contributed by atoms with E-state index in [0.29, 0.717) is 23.6 Å². The maximum Gasteiger partial charge on any atom is 0.417 e. The van der Waals surface area contributed by atoms with Crippen molar-refractivity contribution >= 4 is 11.7 Å². The van der Waals surface area contributed by atoms with E-state index in [2.05, 4.69) is 0 Å². The third-order valence-electron chi connectivity index (χ3n) is 4.86. The highest BCUT2D eigenvalue weighted by molar-refractivity contribution is 5.83. The van der Waals surface area contributed by atoms with Gasteiger partial charge in [-0.15, -0.1) is 0 Å². The summed E-state index contributed by atoms with van der Waals surface area (Å²) >= 11 is 0. The van der Waals surface area contributed by atoms with Crippen LogP contribution >= 0.6 is 0 Å². The fraction of sp³-hybridized carbons (Fsp3) is 0.318. The van der Waals surface area contributed by atoms with Crippen LogP contribution in [0, 0.1) is 5.82 Å². The van der Waals surface area contributed by atoms with Crippen molar-refractivity contribution in [2.45, 2.75) is 12.6 Å². The van der Waals surface area contributed by atoms with Gasteiger partial charge in [0.25, 0.3) is 0 Å². The molecule has 0 spiro atoms. The minimum atomic E-state index is -4.68. The lowest BCUT2D eigenvalue weighted by molar-refractivity contribution is -0.137. The molecule has 9 heteroatoms. The number of methoxy groups -OCH3 is 2. The largest absolute Gasteiger partial charge is 0.493 e. The van der Waals surface area contributed by atoms with Crippen LogP contribution in [0.2, 0.25) is 0 Å². The number of ether oxygens (including phenoxy) is 3. The zero-order valence-electron chi connectivity index (χ0n) is 17.0. The molecule has 5 nitrogen and oxygen atoms in total. The monoisotopic (exact) mass is 439 g/mol. The lowest BCUT2D eigenvalue weighted by Crippen LogP contribution is -2.24. The molecule has 1 saturated heterocycles. The van der Waals surface area contributed by atoms with Crippen LogP contribution in [0.1, 0.15) is 23.1 Å². The second-order valence-electron chi connectivity index (χ2n) is 6.77. The Morgan fingerprint density at radius 1 is 1.13 bits per heavy atom. The molecule has 0 N–H and O–H groups in total. The number of hydrogen-bond donors (Lipinski definition) is 0. The second-order valence-corrected chi connectivity index (χ2v) is 6.77. The summed E-state index contributed by atoms with van der Waals surface area (Å²) in [5.41, 5.74) is -0.711. The van der Waals surface area contributed by atoms with Crippen molar-refractivity contribution in [3.05, 3.63) is 65.0 Å². The van der Waals surface area contributed by atoms with Gasteiger partial charge in [-0.3, -0.25) is 0 Å². The Kier molecular flexibility index (Phi) is 6.72. The van der Waals surface area contributed by atoms with E-state index >= 15 is 0 Å². The van der Waals surface area contributed by atoms with Crippen molar-refractivity contribution in [3.63, 3.8) is 0 Å². The molecule has 166 valence electrons. The van der Waals surface area contributed by atoms with Gasteiger partial charge in [0, 0.05) is 6.54 Å². The van der Waals surface area contributed by atoms with E-state index in [0.717, 1.165) is 18.2 Å². The molecule has 1 amide bonds. The van der Waals surface area contributed by atoms with Crippen molar-refractivity contribution in [2.24, 2.45) is 0 Å². The number of hydrogen-bond acceptors (Lipinski definition) is 4. The molecule has 0 aliphatic carbocycles. The summed E-state index contributed by atoms with van der Waals surface area (Å²) < 4.78 is 70.3. The summed E-state index contributed by atoms with van der Waals surface area (Å²) in [5, 5.41) is 0. The lowest BCUT2D eigenvalue weighted by atomic mass is 9.92. The van der Waals surface area contributed by atoms with E-state index in [4.69, 9.17) is 14.2 Å². The summed E-state index contributed by atoms with van der Waals surface area (Å²) in [6.45, 7) is 0.936. The van der Waals surface area contributed by atoms with Crippen LogP contribution in [0.15, 0.2) is 42.5 Å². The topological polar surface area (TPSA) is 48.0 Å². The van der Waals surface area contributed by atoms with Gasteiger partial charge in [0.05, 0.1) is 26.3 Å². The molecule has 0 atom stereocenters. The molecule has 0 unspecified atom stereocenters. The lowest BCUT2D eigenvalue weighted by Gasteiger charge is -2.18. The Bertz CT molecular complexity index is 988. The van der Waals surface area contributed by atoms with E-state index in [1.807, 2.05) is 0 Å². The normalized spacial score (nSPS) is 14.6. The van der Waals surface area contributed by atoms with Gasteiger partial charge >= 0.3 is 12.3 Å². The summed E-state index contributed by atoms with van der Waals surface area (Å²) in [4.78, 5) is 13.1. The average molecular weight is 439 g/mol. The predicted octanol–water partition coefficient (Wildman–Crippen LogP) is 5.14. The van der Waals surface area contributed by atoms with Gasteiger partial charge in [0.15, 0.2) is 11.5 Å². The van der Waals surface area contributed by atoms with Crippen LogP contribution in [-0.4, -0.2) is 44.9 Å². The Morgan fingerprint density at radius 3 is 2.48 bits per heavy atom. The Hall–Kier alpha value is -3.23. The molecule has 3 rings (SSSR count). The first-order chi connectivity index (χ1) is 14.7. The molecular formula is C22H21F4NO4. The van der Waals surface area contributed by atoms with Crippen molar-refractivity contribution in [3.8, 4) is 11.5 Å². The minimum Gasteiger partial charge on any atom is -0.493 e. The van der Waals surface area contributed by atoms with Gasteiger partial charge in [-0.25, -0.2) is 9.18 Å². The van der Waals surface area contributed by atoms with Crippen LogP contribution in [0.25, 0.3) is 5.57 Å². The van der Waals surface area contributed by atoms with Gasteiger partial charge in [-0.05, 0) is 53.5 Å². The van der Waals surface area contributed by atoms with Crippen LogP contribution < -0.4 is 9.47 Å². The molecule has 0 radical (unpaired) electrons. The predicted molar refractivity (Wildman–Crippen MR) is 106 cm³/mol. The first-order valence-electron chi connectivity index (χ1n) is 9.46. The Morgan fingerprint density at radius 2 is 1.87 bits per heavy atom. The van der Waals surface area contributed by atoms with Crippen molar-refractivity contribution in [2.75, 3.05) is 33.9 Å². The van der Waals surface area contributed by atoms with E-state index in [9.17, 15) is 22.4 Å². The van der Waals surface area contributed by atoms with E-state index in [-0.39, 0.29) is 30.7 Å². The van der Waals surface area contributed by atoms with Gasteiger partial charge in [0.1, 0.15) is 12.4 Å². The fourth-order valence-electron chi connectivity index (χ4n) is 3.37. The maximum absolute atomic E-state index is 14.0. The highest BCUT2D eigenvalue weighted by atomic mass is 19.4. The highest BCUT2D eigenvalue weighted by Crippen LogP contribution is 2.39. The SMILES string of the molecule is COc1ccc(/C(=C/CCN2CCOC2=O)c2cc(F)ccc2C(F)(F)F)cc1OC. The average Bonchev–Trinajstić information content (AvgIpc) is 3.14. The molecule has 1 aliphatic heterocycles. The molecule has 1 fully saturated rings. The van der Waals surface area contributed by atoms with Crippen LogP contribution in [-0.2, 0) is 10.9 Å².